The van der Waals surface area contributed by atoms with Crippen molar-refractivity contribution >= 4 is 29.6 Å². The van der Waals surface area contributed by atoms with Crippen LogP contribution in [0.2, 0.25) is 0 Å². The summed E-state index contributed by atoms with van der Waals surface area (Å²) < 4.78 is 0. The standard InChI is InChI=1S/C21H30N4O3/c1-23(2)19-13-16(12-15-8-10-24(3)11-9-15)4-5-17(19)25(14-26)18-6-7-20(27)22-21(18)28/h4-5,13-15,18H,6-12H2,1-3H3,(H,22,27,28). The maximum atomic E-state index is 12.3. The monoisotopic (exact) mass is 386 g/mol. The number of carbonyl (C=O) groups is 3. The molecule has 1 atom stereocenters. The van der Waals surface area contributed by atoms with E-state index in [2.05, 4.69) is 29.4 Å². The van der Waals surface area contributed by atoms with Gasteiger partial charge in [-0.3, -0.25) is 19.7 Å². The van der Waals surface area contributed by atoms with Crippen molar-refractivity contribution in [3.8, 4) is 0 Å². The maximum Gasteiger partial charge on any atom is 0.249 e. The molecular weight excluding hydrogens is 356 g/mol. The number of rotatable bonds is 6. The normalized spacial score (nSPS) is 21.3. The molecule has 0 aliphatic carbocycles. The van der Waals surface area contributed by atoms with Gasteiger partial charge in [0.1, 0.15) is 6.04 Å². The Labute approximate surface area is 166 Å². The smallest absolute Gasteiger partial charge is 0.249 e. The molecule has 28 heavy (non-hydrogen) atoms. The molecule has 2 heterocycles. The van der Waals surface area contributed by atoms with Gasteiger partial charge in [0.05, 0.1) is 11.4 Å². The second-order valence-electron chi connectivity index (χ2n) is 8.15. The van der Waals surface area contributed by atoms with Crippen molar-refractivity contribution in [3.63, 3.8) is 0 Å². The van der Waals surface area contributed by atoms with E-state index in [1.165, 1.54) is 23.3 Å². The molecule has 0 radical (unpaired) electrons. The van der Waals surface area contributed by atoms with Gasteiger partial charge in [0.15, 0.2) is 0 Å². The fraction of sp³-hybridized carbons (Fsp3) is 0.571. The summed E-state index contributed by atoms with van der Waals surface area (Å²) in [7, 11) is 6.04. The maximum absolute atomic E-state index is 12.3. The molecule has 1 N–H and O–H groups in total. The first kappa shape index (κ1) is 20.3. The Bertz CT molecular complexity index is 741. The Morgan fingerprint density at radius 1 is 1.14 bits per heavy atom. The van der Waals surface area contributed by atoms with Crippen molar-refractivity contribution in [2.24, 2.45) is 5.92 Å². The van der Waals surface area contributed by atoms with Crippen molar-refractivity contribution in [2.45, 2.75) is 38.1 Å². The van der Waals surface area contributed by atoms with Crippen LogP contribution in [0.1, 0.15) is 31.2 Å². The molecule has 2 aliphatic rings. The predicted octanol–water partition coefficient (Wildman–Crippen LogP) is 1.40. The minimum atomic E-state index is -0.659. The molecule has 7 nitrogen and oxygen atoms in total. The number of nitrogens with zero attached hydrogens (tertiary/aromatic N) is 3. The van der Waals surface area contributed by atoms with Crippen LogP contribution in [-0.4, -0.2) is 63.4 Å². The van der Waals surface area contributed by atoms with Crippen LogP contribution in [0.25, 0.3) is 0 Å². The molecule has 2 saturated heterocycles. The molecule has 3 rings (SSSR count). The summed E-state index contributed by atoms with van der Waals surface area (Å²) in [6.45, 7) is 2.27. The van der Waals surface area contributed by atoms with E-state index < -0.39 is 11.9 Å². The number of imide groups is 1. The number of nitrogens with one attached hydrogen (secondary N) is 1. The van der Waals surface area contributed by atoms with E-state index >= 15 is 0 Å². The second kappa shape index (κ2) is 8.73. The van der Waals surface area contributed by atoms with Crippen molar-refractivity contribution in [1.29, 1.82) is 0 Å². The number of hydrogen-bond donors (Lipinski definition) is 1. The molecular formula is C21H30N4O3. The van der Waals surface area contributed by atoms with Gasteiger partial charge in [-0.05, 0) is 69.4 Å². The van der Waals surface area contributed by atoms with Crippen LogP contribution in [0.4, 0.5) is 11.4 Å². The van der Waals surface area contributed by atoms with E-state index in [1.807, 2.05) is 25.1 Å². The SMILES string of the molecule is CN1CCC(Cc2ccc(N(C=O)C3CCC(=O)NC3=O)c(N(C)C)c2)CC1. The van der Waals surface area contributed by atoms with Gasteiger partial charge in [-0.2, -0.15) is 0 Å². The summed E-state index contributed by atoms with van der Waals surface area (Å²) in [6.07, 6.45) is 4.70. The summed E-state index contributed by atoms with van der Waals surface area (Å²) in [5.74, 6) is -0.0220. The van der Waals surface area contributed by atoms with Gasteiger partial charge in [0.2, 0.25) is 18.2 Å². The molecule has 0 bridgehead atoms. The molecule has 2 aliphatic heterocycles. The zero-order valence-corrected chi connectivity index (χ0v) is 17.0. The van der Waals surface area contributed by atoms with Crippen molar-refractivity contribution in [1.82, 2.24) is 10.2 Å². The molecule has 1 unspecified atom stereocenters. The number of anilines is 2. The van der Waals surface area contributed by atoms with Crippen LogP contribution < -0.4 is 15.1 Å². The van der Waals surface area contributed by atoms with E-state index in [9.17, 15) is 14.4 Å². The lowest BCUT2D eigenvalue weighted by Gasteiger charge is -2.33. The van der Waals surface area contributed by atoms with Gasteiger partial charge in [-0.25, -0.2) is 0 Å². The highest BCUT2D eigenvalue weighted by molar-refractivity contribution is 6.04. The van der Waals surface area contributed by atoms with Gasteiger partial charge in [-0.1, -0.05) is 6.07 Å². The van der Waals surface area contributed by atoms with E-state index in [4.69, 9.17) is 0 Å². The molecule has 152 valence electrons. The summed E-state index contributed by atoms with van der Waals surface area (Å²) in [4.78, 5) is 41.4. The second-order valence-corrected chi connectivity index (χ2v) is 8.15. The van der Waals surface area contributed by atoms with Crippen LogP contribution in [0, 0.1) is 5.92 Å². The first-order valence-corrected chi connectivity index (χ1v) is 9.95. The van der Waals surface area contributed by atoms with E-state index in [1.54, 1.807) is 0 Å². The van der Waals surface area contributed by atoms with Gasteiger partial charge in [0.25, 0.3) is 0 Å². The molecule has 1 aromatic rings. The van der Waals surface area contributed by atoms with Gasteiger partial charge in [0, 0.05) is 20.5 Å². The van der Waals surface area contributed by atoms with Crippen LogP contribution in [0.15, 0.2) is 18.2 Å². The highest BCUT2D eigenvalue weighted by atomic mass is 16.2. The number of piperidine rings is 2. The summed E-state index contributed by atoms with van der Waals surface area (Å²) in [5.41, 5.74) is 2.85. The average molecular weight is 386 g/mol. The van der Waals surface area contributed by atoms with E-state index in [0.717, 1.165) is 25.2 Å². The third kappa shape index (κ3) is 4.52. The lowest BCUT2D eigenvalue weighted by molar-refractivity contribution is -0.134. The van der Waals surface area contributed by atoms with Gasteiger partial charge < -0.3 is 14.7 Å². The predicted molar refractivity (Wildman–Crippen MR) is 109 cm³/mol. The highest BCUT2D eigenvalue weighted by Gasteiger charge is 2.33. The molecule has 2 fully saturated rings. The Hall–Kier alpha value is -2.41. The molecule has 3 amide bonds. The number of carbonyl (C=O) groups excluding carboxylic acids is 3. The summed E-state index contributed by atoms with van der Waals surface area (Å²) >= 11 is 0. The topological polar surface area (TPSA) is 73.0 Å². The molecule has 0 saturated carbocycles. The van der Waals surface area contributed by atoms with Crippen LogP contribution in [0.3, 0.4) is 0 Å². The van der Waals surface area contributed by atoms with Crippen molar-refractivity contribution in [2.75, 3.05) is 44.0 Å². The summed E-state index contributed by atoms with van der Waals surface area (Å²) in [5, 5.41) is 2.34. The molecule has 0 spiro atoms. The number of benzene rings is 1. The Balaban J connectivity index is 1.82. The third-order valence-corrected chi connectivity index (χ3v) is 5.82. The largest absolute Gasteiger partial charge is 0.376 e. The lowest BCUT2D eigenvalue weighted by atomic mass is 9.90. The van der Waals surface area contributed by atoms with E-state index in [0.29, 0.717) is 24.4 Å². The quantitative estimate of drug-likeness (QED) is 0.591. The van der Waals surface area contributed by atoms with Crippen LogP contribution >= 0.6 is 0 Å². The molecule has 7 heteroatoms. The van der Waals surface area contributed by atoms with Gasteiger partial charge in [-0.15, -0.1) is 0 Å². The van der Waals surface area contributed by atoms with Crippen LogP contribution in [-0.2, 0) is 20.8 Å². The lowest BCUT2D eigenvalue weighted by Crippen LogP contribution is -2.52. The minimum Gasteiger partial charge on any atom is -0.376 e. The van der Waals surface area contributed by atoms with Crippen molar-refractivity contribution < 1.29 is 14.4 Å². The Morgan fingerprint density at radius 3 is 2.46 bits per heavy atom. The van der Waals surface area contributed by atoms with Gasteiger partial charge >= 0.3 is 0 Å². The van der Waals surface area contributed by atoms with E-state index in [-0.39, 0.29) is 12.3 Å². The van der Waals surface area contributed by atoms with Crippen LogP contribution in [0.5, 0.6) is 0 Å². The number of hydrogen-bond acceptors (Lipinski definition) is 5. The Morgan fingerprint density at radius 2 is 1.86 bits per heavy atom. The third-order valence-electron chi connectivity index (χ3n) is 5.82. The minimum absolute atomic E-state index is 0.242. The summed E-state index contributed by atoms with van der Waals surface area (Å²) in [6, 6.07) is 5.45. The first-order valence-electron chi connectivity index (χ1n) is 9.95. The Kier molecular flexibility index (Phi) is 6.34. The molecule has 0 aromatic heterocycles. The fourth-order valence-electron chi connectivity index (χ4n) is 4.12. The number of likely N-dealkylation sites (tertiary alicyclic amines) is 1. The average Bonchev–Trinajstić information content (AvgIpc) is 2.66. The highest BCUT2D eigenvalue weighted by Crippen LogP contribution is 2.33. The molecule has 1 aromatic carbocycles. The zero-order chi connectivity index (χ0) is 20.3. The first-order chi connectivity index (χ1) is 13.4. The van der Waals surface area contributed by atoms with Crippen molar-refractivity contribution in [3.05, 3.63) is 23.8 Å². The fourth-order valence-corrected chi connectivity index (χ4v) is 4.12. The number of amides is 3. The zero-order valence-electron chi connectivity index (χ0n) is 17.0.